The van der Waals surface area contributed by atoms with E-state index in [4.69, 9.17) is 4.74 Å². The van der Waals surface area contributed by atoms with Crippen molar-refractivity contribution in [2.45, 2.75) is 91.0 Å². The highest BCUT2D eigenvalue weighted by molar-refractivity contribution is 5.93. The molecule has 1 aromatic rings. The number of nitrogens with one attached hydrogen (secondary N) is 2. The van der Waals surface area contributed by atoms with E-state index in [1.54, 1.807) is 25.7 Å². The average Bonchev–Trinajstić information content (AvgIpc) is 2.74. The number of esters is 1. The first-order valence-corrected chi connectivity index (χ1v) is 12.5. The second kappa shape index (κ2) is 12.7. The molecule has 2 unspecified atom stereocenters. The van der Waals surface area contributed by atoms with Crippen molar-refractivity contribution in [3.05, 3.63) is 35.4 Å². The van der Waals surface area contributed by atoms with E-state index in [1.807, 2.05) is 45.0 Å². The first kappa shape index (κ1) is 29.1. The zero-order valence-electron chi connectivity index (χ0n) is 22.6. The normalized spacial score (nSPS) is 15.3. The Labute approximate surface area is 214 Å². The number of nitrogens with zero attached hydrogens (tertiary/aromatic N) is 1. The van der Waals surface area contributed by atoms with E-state index in [0.717, 1.165) is 24.8 Å². The Morgan fingerprint density at radius 2 is 1.69 bits per heavy atom. The molecule has 0 spiro atoms. The van der Waals surface area contributed by atoms with Crippen LogP contribution in [-0.4, -0.2) is 60.1 Å². The minimum Gasteiger partial charge on any atom is -0.468 e. The summed E-state index contributed by atoms with van der Waals surface area (Å²) in [6, 6.07) is 5.38. The molecule has 1 aromatic carbocycles. The fraction of sp³-hybridized carbons (Fsp3) is 0.630. The lowest BCUT2D eigenvalue weighted by Gasteiger charge is -2.43. The van der Waals surface area contributed by atoms with Crippen molar-refractivity contribution in [2.24, 2.45) is 5.92 Å². The molecule has 0 aliphatic heterocycles. The summed E-state index contributed by atoms with van der Waals surface area (Å²) < 4.78 is 10.1. The summed E-state index contributed by atoms with van der Waals surface area (Å²) in [5.41, 5.74) is 0.920. The number of carbonyl (C=O) groups excluding carboxylic acids is 4. The lowest BCUT2D eigenvalue weighted by molar-refractivity contribution is -0.148. The van der Waals surface area contributed by atoms with Gasteiger partial charge in [-0.25, -0.2) is 4.79 Å². The monoisotopic (exact) mass is 503 g/mol. The highest BCUT2D eigenvalue weighted by Crippen LogP contribution is 2.34. The lowest BCUT2D eigenvalue weighted by atomic mass is 9.87. The van der Waals surface area contributed by atoms with Crippen molar-refractivity contribution in [3.63, 3.8) is 0 Å². The van der Waals surface area contributed by atoms with Crippen LogP contribution in [0.25, 0.3) is 0 Å². The smallest absolute Gasteiger partial charge is 0.408 e. The maximum absolute atomic E-state index is 14.1. The van der Waals surface area contributed by atoms with Crippen molar-refractivity contribution in [1.82, 2.24) is 15.5 Å². The number of carbonyl (C=O) groups is 4. The number of ether oxygens (including phenoxy) is 2. The van der Waals surface area contributed by atoms with E-state index < -0.39 is 35.7 Å². The van der Waals surface area contributed by atoms with E-state index in [9.17, 15) is 19.2 Å². The van der Waals surface area contributed by atoms with Crippen LogP contribution in [0.2, 0.25) is 0 Å². The molecule has 9 nitrogen and oxygen atoms in total. The van der Waals surface area contributed by atoms with E-state index in [1.165, 1.54) is 7.11 Å². The van der Waals surface area contributed by atoms with Crippen LogP contribution in [0.15, 0.2) is 24.3 Å². The van der Waals surface area contributed by atoms with Crippen molar-refractivity contribution in [2.75, 3.05) is 13.7 Å². The Kier molecular flexibility index (Phi) is 10.3. The first-order valence-electron chi connectivity index (χ1n) is 12.5. The topological polar surface area (TPSA) is 114 Å². The molecular weight excluding hydrogens is 462 g/mol. The van der Waals surface area contributed by atoms with Gasteiger partial charge in [0.1, 0.15) is 24.2 Å². The second-order valence-corrected chi connectivity index (χ2v) is 10.8. The summed E-state index contributed by atoms with van der Waals surface area (Å²) >= 11 is 0. The van der Waals surface area contributed by atoms with Gasteiger partial charge in [-0.3, -0.25) is 14.4 Å². The molecule has 2 atom stereocenters. The minimum absolute atomic E-state index is 0.100. The summed E-state index contributed by atoms with van der Waals surface area (Å²) in [7, 11) is 1.25. The third-order valence-corrected chi connectivity index (χ3v) is 5.97. The predicted molar refractivity (Wildman–Crippen MR) is 136 cm³/mol. The molecule has 36 heavy (non-hydrogen) atoms. The van der Waals surface area contributed by atoms with Crippen molar-refractivity contribution < 1.29 is 28.7 Å². The van der Waals surface area contributed by atoms with Crippen LogP contribution in [-0.2, 0) is 23.9 Å². The number of rotatable bonds is 10. The molecule has 2 N–H and O–H groups in total. The molecule has 0 heterocycles. The van der Waals surface area contributed by atoms with Crippen LogP contribution in [0.3, 0.4) is 0 Å². The first-order chi connectivity index (χ1) is 16.8. The van der Waals surface area contributed by atoms with Crippen LogP contribution < -0.4 is 10.6 Å². The molecule has 1 aliphatic carbocycles. The van der Waals surface area contributed by atoms with Gasteiger partial charge in [-0.05, 0) is 64.9 Å². The number of hydrogen-bond acceptors (Lipinski definition) is 6. The van der Waals surface area contributed by atoms with E-state index in [-0.39, 0.29) is 24.4 Å². The largest absolute Gasteiger partial charge is 0.468 e. The van der Waals surface area contributed by atoms with Gasteiger partial charge in [0.2, 0.25) is 11.8 Å². The zero-order chi connectivity index (χ0) is 27.0. The minimum atomic E-state index is -0.969. The van der Waals surface area contributed by atoms with Crippen molar-refractivity contribution >= 4 is 23.9 Å². The Balaban J connectivity index is 2.45. The molecule has 0 bridgehead atoms. The van der Waals surface area contributed by atoms with Gasteiger partial charge in [-0.15, -0.1) is 0 Å². The number of methoxy groups -OCH3 is 1. The number of alkyl carbamates (subject to hydrolysis) is 1. The molecule has 1 saturated carbocycles. The molecule has 1 aliphatic rings. The highest BCUT2D eigenvalue weighted by Gasteiger charge is 2.42. The molecule has 3 amide bonds. The van der Waals surface area contributed by atoms with E-state index >= 15 is 0 Å². The number of aryl methyl sites for hydroxylation is 1. The Morgan fingerprint density at radius 1 is 1.08 bits per heavy atom. The molecule has 9 heteroatoms. The van der Waals surface area contributed by atoms with Gasteiger partial charge in [-0.1, -0.05) is 43.7 Å². The van der Waals surface area contributed by atoms with Gasteiger partial charge < -0.3 is 25.0 Å². The number of hydrogen-bond donors (Lipinski definition) is 2. The second-order valence-electron chi connectivity index (χ2n) is 10.8. The highest BCUT2D eigenvalue weighted by atomic mass is 16.6. The molecule has 0 aromatic heterocycles. The van der Waals surface area contributed by atoms with Gasteiger partial charge in [0.25, 0.3) is 0 Å². The van der Waals surface area contributed by atoms with Gasteiger partial charge in [0, 0.05) is 6.04 Å². The van der Waals surface area contributed by atoms with Crippen molar-refractivity contribution in [1.29, 1.82) is 0 Å². The quantitative estimate of drug-likeness (QED) is 0.471. The molecule has 200 valence electrons. The van der Waals surface area contributed by atoms with Crippen LogP contribution >= 0.6 is 0 Å². The molecule has 0 saturated heterocycles. The van der Waals surface area contributed by atoms with Crippen molar-refractivity contribution in [3.8, 4) is 0 Å². The fourth-order valence-electron chi connectivity index (χ4n) is 4.02. The van der Waals surface area contributed by atoms with Gasteiger partial charge in [0.05, 0.1) is 7.11 Å². The standard InChI is InChI=1S/C27H41N3O6/c1-17(2)15-21(29-26(34)36-27(4,5)6)25(33)30(20-9-8-10-20)23(19-13-11-18(3)12-14-19)24(32)28-16-22(31)35-7/h11-14,17,20-21,23H,8-10,15-16H2,1-7H3,(H,28,32)(H,29,34). The molecule has 0 radical (unpaired) electrons. The van der Waals surface area contributed by atoms with Crippen LogP contribution in [0.5, 0.6) is 0 Å². The third-order valence-electron chi connectivity index (χ3n) is 5.97. The Morgan fingerprint density at radius 3 is 2.17 bits per heavy atom. The SMILES string of the molecule is COC(=O)CNC(=O)C(c1ccc(C)cc1)N(C(=O)C(CC(C)C)NC(=O)OC(C)(C)C)C1CCC1. The predicted octanol–water partition coefficient (Wildman–Crippen LogP) is 3.65. The summed E-state index contributed by atoms with van der Waals surface area (Å²) in [5, 5.41) is 5.36. The average molecular weight is 504 g/mol. The number of benzene rings is 1. The third kappa shape index (κ3) is 8.53. The van der Waals surface area contributed by atoms with Gasteiger partial charge in [-0.2, -0.15) is 0 Å². The van der Waals surface area contributed by atoms with Gasteiger partial charge in [0.15, 0.2) is 0 Å². The molecule has 1 fully saturated rings. The zero-order valence-corrected chi connectivity index (χ0v) is 22.6. The molecular formula is C27H41N3O6. The maximum atomic E-state index is 14.1. The maximum Gasteiger partial charge on any atom is 0.408 e. The fourth-order valence-corrected chi connectivity index (χ4v) is 4.02. The van der Waals surface area contributed by atoms with Crippen LogP contribution in [0.4, 0.5) is 4.79 Å². The van der Waals surface area contributed by atoms with Crippen LogP contribution in [0.1, 0.15) is 77.5 Å². The van der Waals surface area contributed by atoms with E-state index in [2.05, 4.69) is 15.4 Å². The van der Waals surface area contributed by atoms with Crippen LogP contribution in [0, 0.1) is 12.8 Å². The summed E-state index contributed by atoms with van der Waals surface area (Å²) in [5.74, 6) is -1.32. The van der Waals surface area contributed by atoms with Gasteiger partial charge >= 0.3 is 12.1 Å². The molecule has 2 rings (SSSR count). The summed E-state index contributed by atoms with van der Waals surface area (Å²) in [6.45, 7) is 10.8. The summed E-state index contributed by atoms with van der Waals surface area (Å²) in [4.78, 5) is 53.5. The Bertz CT molecular complexity index is 918. The van der Waals surface area contributed by atoms with E-state index in [0.29, 0.717) is 12.0 Å². The lowest BCUT2D eigenvalue weighted by Crippen LogP contribution is -2.58. The number of amides is 3. The Hall–Kier alpha value is -3.10. The summed E-state index contributed by atoms with van der Waals surface area (Å²) in [6.07, 6.45) is 2.13.